The highest BCUT2D eigenvalue weighted by atomic mass is 15.1. The van der Waals surface area contributed by atoms with Gasteiger partial charge in [0.1, 0.15) is 17.5 Å². The van der Waals surface area contributed by atoms with Crippen LogP contribution in [0.2, 0.25) is 0 Å². The minimum atomic E-state index is -0.0707. The maximum absolute atomic E-state index is 5.83. The molecule has 3 N–H and O–H groups in total. The summed E-state index contributed by atoms with van der Waals surface area (Å²) in [4.78, 5) is 8.85. The molecule has 4 heteroatoms. The van der Waals surface area contributed by atoms with Crippen LogP contribution in [-0.2, 0) is 5.41 Å². The van der Waals surface area contributed by atoms with Gasteiger partial charge in [-0.25, -0.2) is 9.97 Å². The fraction of sp³-hybridized carbons (Fsp3) is 0.692. The van der Waals surface area contributed by atoms with Gasteiger partial charge < -0.3 is 11.1 Å². The zero-order valence-corrected chi connectivity index (χ0v) is 11.1. The van der Waals surface area contributed by atoms with E-state index in [-0.39, 0.29) is 5.41 Å². The molecule has 0 amide bonds. The summed E-state index contributed by atoms with van der Waals surface area (Å²) in [6.45, 7) is 8.55. The lowest BCUT2D eigenvalue weighted by molar-refractivity contribution is 0.308. The van der Waals surface area contributed by atoms with Gasteiger partial charge in [0.2, 0.25) is 0 Å². The van der Waals surface area contributed by atoms with Gasteiger partial charge in [0.25, 0.3) is 0 Å². The molecular weight excluding hydrogens is 212 g/mol. The Labute approximate surface area is 103 Å². The summed E-state index contributed by atoms with van der Waals surface area (Å²) < 4.78 is 0. The largest absolute Gasteiger partial charge is 0.384 e. The van der Waals surface area contributed by atoms with Crippen LogP contribution in [0.15, 0.2) is 6.07 Å². The van der Waals surface area contributed by atoms with Gasteiger partial charge in [-0.15, -0.1) is 0 Å². The SMILES string of the molecule is CC1CC(Nc2cc(N)nc(C(C)(C)C)n2)C1. The molecule has 0 saturated heterocycles. The zero-order valence-electron chi connectivity index (χ0n) is 11.1. The molecule has 1 aliphatic carbocycles. The molecule has 1 fully saturated rings. The molecule has 1 aromatic rings. The summed E-state index contributed by atoms with van der Waals surface area (Å²) in [7, 11) is 0. The van der Waals surface area contributed by atoms with Crippen LogP contribution in [-0.4, -0.2) is 16.0 Å². The predicted octanol–water partition coefficient (Wildman–Crippen LogP) is 2.57. The summed E-state index contributed by atoms with van der Waals surface area (Å²) in [5.74, 6) is 3.03. The van der Waals surface area contributed by atoms with Gasteiger partial charge in [-0.1, -0.05) is 27.7 Å². The van der Waals surface area contributed by atoms with Crippen molar-refractivity contribution >= 4 is 11.6 Å². The quantitative estimate of drug-likeness (QED) is 0.825. The van der Waals surface area contributed by atoms with Gasteiger partial charge in [0.15, 0.2) is 0 Å². The maximum atomic E-state index is 5.83. The fourth-order valence-electron chi connectivity index (χ4n) is 2.10. The summed E-state index contributed by atoms with van der Waals surface area (Å²) in [5.41, 5.74) is 5.76. The Balaban J connectivity index is 2.14. The lowest BCUT2D eigenvalue weighted by Gasteiger charge is -2.33. The molecule has 0 radical (unpaired) electrons. The smallest absolute Gasteiger partial charge is 0.138 e. The molecule has 94 valence electrons. The molecule has 4 nitrogen and oxygen atoms in total. The number of hydrogen-bond acceptors (Lipinski definition) is 4. The van der Waals surface area contributed by atoms with E-state index in [9.17, 15) is 0 Å². The van der Waals surface area contributed by atoms with E-state index in [0.29, 0.717) is 11.9 Å². The van der Waals surface area contributed by atoms with Gasteiger partial charge in [-0.2, -0.15) is 0 Å². The van der Waals surface area contributed by atoms with Crippen LogP contribution in [0.1, 0.15) is 46.4 Å². The molecule has 0 unspecified atom stereocenters. The van der Waals surface area contributed by atoms with Crippen molar-refractivity contribution in [3.63, 3.8) is 0 Å². The minimum absolute atomic E-state index is 0.0707. The average molecular weight is 234 g/mol. The molecule has 0 aliphatic heterocycles. The average Bonchev–Trinajstić information content (AvgIpc) is 2.13. The fourth-order valence-corrected chi connectivity index (χ4v) is 2.10. The van der Waals surface area contributed by atoms with Crippen LogP contribution in [0.4, 0.5) is 11.6 Å². The normalized spacial score (nSPS) is 24.2. The molecule has 0 atom stereocenters. The Bertz CT molecular complexity index is 402. The van der Waals surface area contributed by atoms with Crippen molar-refractivity contribution in [1.82, 2.24) is 9.97 Å². The van der Waals surface area contributed by atoms with Gasteiger partial charge in [0.05, 0.1) is 0 Å². The monoisotopic (exact) mass is 234 g/mol. The first-order valence-electron chi connectivity index (χ1n) is 6.26. The topological polar surface area (TPSA) is 63.8 Å². The molecule has 0 aromatic carbocycles. The van der Waals surface area contributed by atoms with Crippen LogP contribution in [0.25, 0.3) is 0 Å². The summed E-state index contributed by atoms with van der Waals surface area (Å²) >= 11 is 0. The third kappa shape index (κ3) is 2.87. The van der Waals surface area contributed by atoms with Crippen molar-refractivity contribution < 1.29 is 0 Å². The van der Waals surface area contributed by atoms with E-state index in [2.05, 4.69) is 43.0 Å². The second-order valence-electron chi connectivity index (χ2n) is 6.17. The molecular formula is C13H22N4. The van der Waals surface area contributed by atoms with Crippen molar-refractivity contribution in [1.29, 1.82) is 0 Å². The standard InChI is InChI=1S/C13H22N4/c1-8-5-9(6-8)15-11-7-10(14)16-12(17-11)13(2,3)4/h7-9H,5-6H2,1-4H3,(H3,14,15,16,17). The van der Waals surface area contributed by atoms with Gasteiger partial charge in [-0.05, 0) is 18.8 Å². The Kier molecular flexibility index (Phi) is 2.98. The molecule has 0 bridgehead atoms. The number of nitrogens with one attached hydrogen (secondary N) is 1. The highest BCUT2D eigenvalue weighted by Crippen LogP contribution is 2.29. The van der Waals surface area contributed by atoms with Crippen molar-refractivity contribution in [3.05, 3.63) is 11.9 Å². The van der Waals surface area contributed by atoms with Crippen LogP contribution < -0.4 is 11.1 Å². The van der Waals surface area contributed by atoms with E-state index in [1.165, 1.54) is 12.8 Å². The highest BCUT2D eigenvalue weighted by Gasteiger charge is 2.26. The Morgan fingerprint density at radius 1 is 1.29 bits per heavy atom. The van der Waals surface area contributed by atoms with Crippen molar-refractivity contribution in [2.45, 2.75) is 52.0 Å². The van der Waals surface area contributed by atoms with E-state index in [1.54, 1.807) is 0 Å². The third-order valence-corrected chi connectivity index (χ3v) is 3.14. The molecule has 1 aromatic heterocycles. The lowest BCUT2D eigenvalue weighted by Crippen LogP contribution is -2.34. The summed E-state index contributed by atoms with van der Waals surface area (Å²) in [6.07, 6.45) is 2.43. The number of hydrogen-bond donors (Lipinski definition) is 2. The van der Waals surface area contributed by atoms with Crippen molar-refractivity contribution in [2.24, 2.45) is 5.92 Å². The lowest BCUT2D eigenvalue weighted by atomic mass is 9.82. The van der Waals surface area contributed by atoms with E-state index >= 15 is 0 Å². The first kappa shape index (κ1) is 12.1. The number of rotatable bonds is 2. The number of anilines is 2. The summed E-state index contributed by atoms with van der Waals surface area (Å²) in [6, 6.07) is 2.37. The third-order valence-electron chi connectivity index (χ3n) is 3.14. The van der Waals surface area contributed by atoms with Crippen molar-refractivity contribution in [3.8, 4) is 0 Å². The molecule has 2 rings (SSSR count). The Hall–Kier alpha value is -1.32. The number of aromatic nitrogens is 2. The van der Waals surface area contributed by atoms with E-state index in [0.717, 1.165) is 17.6 Å². The van der Waals surface area contributed by atoms with Crippen LogP contribution in [0.3, 0.4) is 0 Å². The number of nitrogens with two attached hydrogens (primary N) is 1. The predicted molar refractivity (Wildman–Crippen MR) is 71.0 cm³/mol. The van der Waals surface area contributed by atoms with E-state index < -0.39 is 0 Å². The first-order valence-corrected chi connectivity index (χ1v) is 6.26. The Morgan fingerprint density at radius 3 is 2.47 bits per heavy atom. The highest BCUT2D eigenvalue weighted by molar-refractivity contribution is 5.46. The molecule has 1 saturated carbocycles. The van der Waals surface area contributed by atoms with Gasteiger partial charge >= 0.3 is 0 Å². The van der Waals surface area contributed by atoms with Gasteiger partial charge in [-0.3, -0.25) is 0 Å². The zero-order chi connectivity index (χ0) is 12.6. The molecule has 0 spiro atoms. The summed E-state index contributed by atoms with van der Waals surface area (Å²) in [5, 5.41) is 3.43. The first-order chi connectivity index (χ1) is 7.84. The second kappa shape index (κ2) is 4.17. The molecule has 1 aliphatic rings. The molecule has 1 heterocycles. The van der Waals surface area contributed by atoms with E-state index in [4.69, 9.17) is 5.73 Å². The van der Waals surface area contributed by atoms with Crippen LogP contribution in [0, 0.1) is 5.92 Å². The van der Waals surface area contributed by atoms with E-state index in [1.807, 2.05) is 6.07 Å². The van der Waals surface area contributed by atoms with Crippen molar-refractivity contribution in [2.75, 3.05) is 11.1 Å². The number of nitrogen functional groups attached to an aromatic ring is 1. The molecule has 17 heavy (non-hydrogen) atoms. The van der Waals surface area contributed by atoms with Gasteiger partial charge in [0, 0.05) is 17.5 Å². The minimum Gasteiger partial charge on any atom is -0.384 e. The number of nitrogens with zero attached hydrogens (tertiary/aromatic N) is 2. The van der Waals surface area contributed by atoms with Crippen LogP contribution in [0.5, 0.6) is 0 Å². The second-order valence-corrected chi connectivity index (χ2v) is 6.17. The maximum Gasteiger partial charge on any atom is 0.138 e. The Morgan fingerprint density at radius 2 is 1.94 bits per heavy atom. The van der Waals surface area contributed by atoms with Crippen LogP contribution >= 0.6 is 0 Å².